The minimum Gasteiger partial charge on any atom is -0.382 e. The molecule has 1 amide bonds. The van der Waals surface area contributed by atoms with Crippen LogP contribution in [0.25, 0.3) is 0 Å². The largest absolute Gasteiger partial charge is 0.382 e. The van der Waals surface area contributed by atoms with E-state index >= 15 is 0 Å². The molecule has 0 saturated carbocycles. The first-order valence-electron chi connectivity index (χ1n) is 15.6. The number of rotatable bonds is 12. The molecule has 1 aliphatic heterocycles. The molecule has 0 unspecified atom stereocenters. The topological polar surface area (TPSA) is 166 Å². The van der Waals surface area contributed by atoms with Crippen molar-refractivity contribution in [1.82, 2.24) is 9.55 Å². The van der Waals surface area contributed by atoms with Gasteiger partial charge in [-0.1, -0.05) is 109 Å². The van der Waals surface area contributed by atoms with Crippen molar-refractivity contribution in [3.05, 3.63) is 166 Å². The second-order valence-corrected chi connectivity index (χ2v) is 11.7. The van der Waals surface area contributed by atoms with Crippen LogP contribution in [0.5, 0.6) is 0 Å². The Hall–Kier alpha value is -5.63. The Kier molecular flexibility index (Phi) is 9.39. The van der Waals surface area contributed by atoms with Gasteiger partial charge < -0.3 is 20.3 Å². The maximum atomic E-state index is 13.8. The average molecular weight is 676 g/mol. The lowest BCUT2D eigenvalue weighted by molar-refractivity contribution is -0.298. The highest BCUT2D eigenvalue weighted by Crippen LogP contribution is 2.60. The molecule has 4 aromatic carbocycles. The second kappa shape index (κ2) is 13.7. The van der Waals surface area contributed by atoms with Crippen molar-refractivity contribution in [3.63, 3.8) is 0 Å². The molecule has 3 N–H and O–H groups in total. The van der Waals surface area contributed by atoms with Gasteiger partial charge in [-0.15, -0.1) is 0 Å². The van der Waals surface area contributed by atoms with Crippen molar-refractivity contribution in [2.75, 3.05) is 19.0 Å². The van der Waals surface area contributed by atoms with Crippen molar-refractivity contribution < 1.29 is 39.1 Å². The molecule has 4 atom stereocenters. The van der Waals surface area contributed by atoms with E-state index in [2.05, 4.69) is 10.3 Å². The molecule has 5 aromatic rings. The summed E-state index contributed by atoms with van der Waals surface area (Å²) in [6.07, 6.45) is -0.646. The fourth-order valence-corrected chi connectivity index (χ4v) is 7.04. The monoisotopic (exact) mass is 675 g/mol. The molecule has 12 heteroatoms. The summed E-state index contributed by atoms with van der Waals surface area (Å²) in [5.41, 5.74) is -10.6. The molecule has 2 heterocycles. The van der Waals surface area contributed by atoms with Crippen LogP contribution in [0, 0.1) is 0 Å². The molecule has 6 rings (SSSR count). The SMILES string of the molecule is COOC[C@H]1O[C@@](C=O)(n2ccc(NC(=O)c3ccccc3)nc2=O)[C@@](O)(C=O)[C@@]1(O)C(c1ccccc1)(c1ccccc1)c1ccccc1. The molecule has 254 valence electrons. The summed E-state index contributed by atoms with van der Waals surface area (Å²) in [4.78, 5) is 67.8. The van der Waals surface area contributed by atoms with Crippen molar-refractivity contribution in [1.29, 1.82) is 0 Å². The number of hydrogen-bond donors (Lipinski definition) is 3. The molecular weight excluding hydrogens is 642 g/mol. The van der Waals surface area contributed by atoms with Crippen LogP contribution in [-0.4, -0.2) is 69.3 Å². The molecule has 1 saturated heterocycles. The first kappa shape index (κ1) is 34.2. The Morgan fingerprint density at radius 1 is 0.840 bits per heavy atom. The molecule has 0 radical (unpaired) electrons. The van der Waals surface area contributed by atoms with Crippen LogP contribution < -0.4 is 11.0 Å². The molecule has 1 aromatic heterocycles. The highest BCUT2D eigenvalue weighted by atomic mass is 17.2. The summed E-state index contributed by atoms with van der Waals surface area (Å²) in [6.45, 7) is -0.625. The normalized spacial score (nSPS) is 23.2. The number of carbonyl (C=O) groups excluding carboxylic acids is 3. The molecule has 1 aliphatic rings. The number of aldehydes is 2. The number of nitrogens with one attached hydrogen (secondary N) is 1. The summed E-state index contributed by atoms with van der Waals surface area (Å²) in [5, 5.41) is 29.0. The number of ether oxygens (including phenoxy) is 1. The summed E-state index contributed by atoms with van der Waals surface area (Å²) in [5.74, 6) is -0.748. The molecule has 0 spiro atoms. The maximum Gasteiger partial charge on any atom is 0.352 e. The Morgan fingerprint density at radius 3 is 1.78 bits per heavy atom. The molecule has 50 heavy (non-hydrogen) atoms. The third-order valence-electron chi connectivity index (χ3n) is 9.21. The molecule has 12 nitrogen and oxygen atoms in total. The number of anilines is 1. The third-order valence-corrected chi connectivity index (χ3v) is 9.21. The van der Waals surface area contributed by atoms with Gasteiger partial charge in [0.1, 0.15) is 18.5 Å². The summed E-state index contributed by atoms with van der Waals surface area (Å²) < 4.78 is 6.89. The van der Waals surface area contributed by atoms with Crippen molar-refractivity contribution in [3.8, 4) is 0 Å². The Balaban J connectivity index is 1.63. The number of aromatic nitrogens is 2. The van der Waals surface area contributed by atoms with Gasteiger partial charge in [0, 0.05) is 11.8 Å². The van der Waals surface area contributed by atoms with Crippen LogP contribution in [0.1, 0.15) is 27.0 Å². The fraction of sp³-hybridized carbons (Fsp3) is 0.184. The first-order chi connectivity index (χ1) is 24.2. The standard InChI is InChI=1S/C38H33N3O9/c1-48-49-24-31-38(47,37(28-16-8-3-9-17-28,29-18-10-4-11-19-29)30-20-12-5-13-21-30)35(46,25-42)36(26-43,50-31)41-23-22-32(40-34(41)45)39-33(44)27-14-6-2-7-15-27/h2-23,25-26,31,46-47H,24H2,1H3,(H,39,40,44,45)/t31-,35+,36-,38-/m1/s1. The molecular formula is C38H33N3O9. The van der Waals surface area contributed by atoms with Crippen molar-refractivity contribution in [2.45, 2.75) is 28.4 Å². The van der Waals surface area contributed by atoms with Gasteiger partial charge in [-0.2, -0.15) is 4.98 Å². The number of hydrogen-bond acceptors (Lipinski definition) is 10. The van der Waals surface area contributed by atoms with Gasteiger partial charge in [-0.3, -0.25) is 19.0 Å². The van der Waals surface area contributed by atoms with E-state index in [4.69, 9.17) is 14.5 Å². The van der Waals surface area contributed by atoms with E-state index in [1.807, 2.05) is 0 Å². The van der Waals surface area contributed by atoms with E-state index in [0.717, 1.165) is 6.20 Å². The smallest absolute Gasteiger partial charge is 0.352 e. The minimum absolute atomic E-state index is 0.00466. The summed E-state index contributed by atoms with van der Waals surface area (Å²) in [6, 6.07) is 35.2. The summed E-state index contributed by atoms with van der Waals surface area (Å²) in [7, 11) is 1.21. The Labute approximate surface area is 286 Å². The molecule has 1 fully saturated rings. The van der Waals surface area contributed by atoms with E-state index < -0.39 is 46.6 Å². The lowest BCUT2D eigenvalue weighted by Crippen LogP contribution is -2.75. The van der Waals surface area contributed by atoms with E-state index in [1.165, 1.54) is 13.2 Å². The van der Waals surface area contributed by atoms with Crippen molar-refractivity contribution >= 4 is 24.3 Å². The Morgan fingerprint density at radius 2 is 1.34 bits per heavy atom. The van der Waals surface area contributed by atoms with Crippen LogP contribution in [-0.2, 0) is 35.2 Å². The van der Waals surface area contributed by atoms with Gasteiger partial charge in [0.25, 0.3) is 5.91 Å². The van der Waals surface area contributed by atoms with E-state index in [1.54, 1.807) is 121 Å². The van der Waals surface area contributed by atoms with E-state index in [0.29, 0.717) is 26.8 Å². The van der Waals surface area contributed by atoms with Crippen LogP contribution in [0.15, 0.2) is 138 Å². The first-order valence-corrected chi connectivity index (χ1v) is 15.6. The highest BCUT2D eigenvalue weighted by molar-refractivity contribution is 6.03. The van der Waals surface area contributed by atoms with Gasteiger partial charge >= 0.3 is 5.69 Å². The lowest BCUT2D eigenvalue weighted by Gasteiger charge is -2.53. The number of amides is 1. The maximum absolute atomic E-state index is 13.8. The predicted octanol–water partition coefficient (Wildman–Crippen LogP) is 3.02. The van der Waals surface area contributed by atoms with Gasteiger partial charge in [-0.05, 0) is 34.9 Å². The van der Waals surface area contributed by atoms with Crippen LogP contribution >= 0.6 is 0 Å². The van der Waals surface area contributed by atoms with Gasteiger partial charge in [-0.25, -0.2) is 14.6 Å². The zero-order valence-corrected chi connectivity index (χ0v) is 26.8. The molecule has 0 bridgehead atoms. The Bertz CT molecular complexity index is 1930. The zero-order valence-electron chi connectivity index (χ0n) is 26.8. The highest BCUT2D eigenvalue weighted by Gasteiger charge is 2.81. The summed E-state index contributed by atoms with van der Waals surface area (Å²) >= 11 is 0. The predicted molar refractivity (Wildman–Crippen MR) is 180 cm³/mol. The van der Waals surface area contributed by atoms with Gasteiger partial charge in [0.2, 0.25) is 11.3 Å². The zero-order chi connectivity index (χ0) is 35.4. The van der Waals surface area contributed by atoms with Gasteiger partial charge in [0.05, 0.1) is 12.5 Å². The second-order valence-electron chi connectivity index (χ2n) is 11.7. The number of benzene rings is 4. The molecule has 0 aliphatic carbocycles. The van der Waals surface area contributed by atoms with Crippen LogP contribution in [0.2, 0.25) is 0 Å². The number of nitrogens with zero attached hydrogens (tertiary/aromatic N) is 2. The quantitative estimate of drug-likeness (QED) is 0.0775. The van der Waals surface area contributed by atoms with E-state index in [9.17, 15) is 29.4 Å². The number of carbonyl (C=O) groups is 3. The third kappa shape index (κ3) is 5.09. The average Bonchev–Trinajstić information content (AvgIpc) is 3.36. The van der Waals surface area contributed by atoms with Gasteiger partial charge in [0.15, 0.2) is 18.2 Å². The van der Waals surface area contributed by atoms with Crippen LogP contribution in [0.3, 0.4) is 0 Å². The lowest BCUT2D eigenvalue weighted by atomic mass is 9.52. The van der Waals surface area contributed by atoms with Crippen molar-refractivity contribution in [2.24, 2.45) is 0 Å². The van der Waals surface area contributed by atoms with E-state index in [-0.39, 0.29) is 18.4 Å². The fourth-order valence-electron chi connectivity index (χ4n) is 7.04. The minimum atomic E-state index is -3.24. The van der Waals surface area contributed by atoms with Crippen LogP contribution in [0.4, 0.5) is 5.82 Å². The number of aliphatic hydroxyl groups is 2.